The molecule has 0 spiro atoms. The minimum absolute atomic E-state index is 0.144. The standard InChI is InChI=1S/C18H21N3O2/c1-11-5-7-12(8-6-11)15(22)10-21-18(23)16-14-4-2-3-13(14)9-20-17(16)19/h5-9,15,22H,2-4,10H2,1H3,(H2,19,20)(H,21,23). The van der Waals surface area contributed by atoms with E-state index in [1.165, 1.54) is 0 Å². The molecule has 5 nitrogen and oxygen atoms in total. The summed E-state index contributed by atoms with van der Waals surface area (Å²) in [5.41, 5.74) is 10.4. The predicted octanol–water partition coefficient (Wildman–Crippen LogP) is 1.92. The number of aromatic nitrogens is 1. The lowest BCUT2D eigenvalue weighted by Crippen LogP contribution is -2.30. The minimum atomic E-state index is -0.745. The number of aliphatic hydroxyl groups is 1. The number of rotatable bonds is 4. The first kappa shape index (κ1) is 15.5. The van der Waals surface area contributed by atoms with Gasteiger partial charge in [0.25, 0.3) is 5.91 Å². The highest BCUT2D eigenvalue weighted by Crippen LogP contribution is 2.27. The molecule has 4 N–H and O–H groups in total. The fourth-order valence-electron chi connectivity index (χ4n) is 3.00. The van der Waals surface area contributed by atoms with E-state index >= 15 is 0 Å². The van der Waals surface area contributed by atoms with Gasteiger partial charge in [-0.2, -0.15) is 0 Å². The van der Waals surface area contributed by atoms with Crippen LogP contribution in [0.4, 0.5) is 5.82 Å². The Bertz CT molecular complexity index is 726. The molecule has 1 aromatic carbocycles. The largest absolute Gasteiger partial charge is 0.387 e. The summed E-state index contributed by atoms with van der Waals surface area (Å²) in [5.74, 6) is -0.00659. The molecule has 0 bridgehead atoms. The first-order valence-corrected chi connectivity index (χ1v) is 7.85. The molecule has 1 amide bonds. The number of aliphatic hydroxyl groups excluding tert-OH is 1. The third kappa shape index (κ3) is 3.19. The van der Waals surface area contributed by atoms with Crippen LogP contribution in [-0.2, 0) is 12.8 Å². The highest BCUT2D eigenvalue weighted by molar-refractivity contribution is 6.00. The lowest BCUT2D eigenvalue weighted by molar-refractivity contribution is 0.0916. The summed E-state index contributed by atoms with van der Waals surface area (Å²) in [5, 5.41) is 13.0. The van der Waals surface area contributed by atoms with E-state index in [-0.39, 0.29) is 18.3 Å². The molecule has 0 saturated heterocycles. The topological polar surface area (TPSA) is 88.2 Å². The van der Waals surface area contributed by atoms with Gasteiger partial charge < -0.3 is 16.2 Å². The number of amides is 1. The third-order valence-electron chi connectivity index (χ3n) is 4.32. The Labute approximate surface area is 135 Å². The van der Waals surface area contributed by atoms with Crippen LogP contribution in [0.25, 0.3) is 0 Å². The van der Waals surface area contributed by atoms with Crippen LogP contribution >= 0.6 is 0 Å². The number of nitrogen functional groups attached to an aromatic ring is 1. The first-order chi connectivity index (χ1) is 11.1. The van der Waals surface area contributed by atoms with Crippen LogP contribution in [-0.4, -0.2) is 22.5 Å². The SMILES string of the molecule is Cc1ccc(C(O)CNC(=O)c2c(N)ncc3c2CCC3)cc1. The Hall–Kier alpha value is -2.40. The van der Waals surface area contributed by atoms with E-state index < -0.39 is 6.10 Å². The van der Waals surface area contributed by atoms with Gasteiger partial charge in [-0.3, -0.25) is 4.79 Å². The Kier molecular flexibility index (Phi) is 4.30. The second-order valence-electron chi connectivity index (χ2n) is 6.01. The molecule has 1 unspecified atom stereocenters. The van der Waals surface area contributed by atoms with Crippen molar-refractivity contribution in [3.8, 4) is 0 Å². The second-order valence-corrected chi connectivity index (χ2v) is 6.01. The fraction of sp³-hybridized carbons (Fsp3) is 0.333. The maximum absolute atomic E-state index is 12.5. The molecular formula is C18H21N3O2. The van der Waals surface area contributed by atoms with E-state index in [4.69, 9.17) is 5.73 Å². The summed E-state index contributed by atoms with van der Waals surface area (Å²) in [6.45, 7) is 2.13. The molecule has 3 rings (SSSR count). The molecule has 5 heteroatoms. The molecule has 23 heavy (non-hydrogen) atoms. The van der Waals surface area contributed by atoms with Crippen LogP contribution in [0, 0.1) is 6.92 Å². The number of benzene rings is 1. The van der Waals surface area contributed by atoms with Gasteiger partial charge in [0.2, 0.25) is 0 Å². The lowest BCUT2D eigenvalue weighted by atomic mass is 10.0. The summed E-state index contributed by atoms with van der Waals surface area (Å²) in [7, 11) is 0. The molecule has 2 aromatic rings. The Morgan fingerprint density at radius 2 is 2.09 bits per heavy atom. The van der Waals surface area contributed by atoms with Crippen molar-refractivity contribution in [2.75, 3.05) is 12.3 Å². The molecule has 120 valence electrons. The number of nitrogens with one attached hydrogen (secondary N) is 1. The van der Waals surface area contributed by atoms with Crippen molar-refractivity contribution in [1.82, 2.24) is 10.3 Å². The summed E-state index contributed by atoms with van der Waals surface area (Å²) >= 11 is 0. The average molecular weight is 311 g/mol. The van der Waals surface area contributed by atoms with Gasteiger partial charge in [-0.15, -0.1) is 0 Å². The molecule has 1 aliphatic rings. The molecule has 0 aliphatic heterocycles. The quantitative estimate of drug-likeness (QED) is 0.805. The minimum Gasteiger partial charge on any atom is -0.387 e. The van der Waals surface area contributed by atoms with Gasteiger partial charge in [0, 0.05) is 12.7 Å². The van der Waals surface area contributed by atoms with E-state index in [9.17, 15) is 9.90 Å². The number of fused-ring (bicyclic) bond motifs is 1. The zero-order valence-corrected chi connectivity index (χ0v) is 13.2. The maximum Gasteiger partial charge on any atom is 0.255 e. The van der Waals surface area contributed by atoms with Gasteiger partial charge in [0.05, 0.1) is 11.7 Å². The molecule has 1 aliphatic carbocycles. The van der Waals surface area contributed by atoms with Crippen molar-refractivity contribution in [2.24, 2.45) is 0 Å². The van der Waals surface area contributed by atoms with Crippen LogP contribution in [0.1, 0.15) is 45.1 Å². The number of pyridine rings is 1. The van der Waals surface area contributed by atoms with E-state index in [1.807, 2.05) is 31.2 Å². The monoisotopic (exact) mass is 311 g/mol. The number of aryl methyl sites for hydroxylation is 2. The van der Waals surface area contributed by atoms with Crippen LogP contribution in [0.15, 0.2) is 30.5 Å². The van der Waals surface area contributed by atoms with Crippen molar-refractivity contribution in [1.29, 1.82) is 0 Å². The lowest BCUT2D eigenvalue weighted by Gasteiger charge is -2.15. The second kappa shape index (κ2) is 6.38. The summed E-state index contributed by atoms with van der Waals surface area (Å²) in [6, 6.07) is 7.60. The number of nitrogens with zero attached hydrogens (tertiary/aromatic N) is 1. The number of carbonyl (C=O) groups excluding carboxylic acids is 1. The van der Waals surface area contributed by atoms with E-state index in [0.29, 0.717) is 5.56 Å². The van der Waals surface area contributed by atoms with Crippen LogP contribution in [0.3, 0.4) is 0 Å². The molecule has 1 atom stereocenters. The molecule has 0 saturated carbocycles. The zero-order valence-electron chi connectivity index (χ0n) is 13.2. The first-order valence-electron chi connectivity index (χ1n) is 7.85. The number of carbonyl (C=O) groups is 1. The fourth-order valence-corrected chi connectivity index (χ4v) is 3.00. The molecule has 0 fully saturated rings. The van der Waals surface area contributed by atoms with Crippen molar-refractivity contribution < 1.29 is 9.90 Å². The van der Waals surface area contributed by atoms with Gasteiger partial charge in [-0.05, 0) is 42.9 Å². The third-order valence-corrected chi connectivity index (χ3v) is 4.32. The normalized spacial score (nSPS) is 14.3. The Morgan fingerprint density at radius 1 is 1.35 bits per heavy atom. The van der Waals surface area contributed by atoms with Crippen LogP contribution in [0.5, 0.6) is 0 Å². The zero-order chi connectivity index (χ0) is 16.4. The maximum atomic E-state index is 12.5. The van der Waals surface area contributed by atoms with E-state index in [1.54, 1.807) is 6.20 Å². The van der Waals surface area contributed by atoms with Gasteiger partial charge in [-0.1, -0.05) is 29.8 Å². The van der Waals surface area contributed by atoms with Crippen molar-refractivity contribution in [2.45, 2.75) is 32.3 Å². The van der Waals surface area contributed by atoms with E-state index in [2.05, 4.69) is 10.3 Å². The summed E-state index contributed by atoms with van der Waals surface area (Å²) in [4.78, 5) is 16.6. The summed E-state index contributed by atoms with van der Waals surface area (Å²) in [6.07, 6.45) is 3.83. The van der Waals surface area contributed by atoms with Gasteiger partial charge in [0.15, 0.2) is 0 Å². The Balaban J connectivity index is 1.71. The molecular weight excluding hydrogens is 290 g/mol. The molecule has 1 aromatic heterocycles. The molecule has 1 heterocycles. The summed E-state index contributed by atoms with van der Waals surface area (Å²) < 4.78 is 0. The van der Waals surface area contributed by atoms with Crippen molar-refractivity contribution >= 4 is 11.7 Å². The average Bonchev–Trinajstić information content (AvgIpc) is 3.01. The molecule has 0 radical (unpaired) electrons. The number of hydrogen-bond donors (Lipinski definition) is 3. The van der Waals surface area contributed by atoms with Gasteiger partial charge in [-0.25, -0.2) is 4.98 Å². The smallest absolute Gasteiger partial charge is 0.255 e. The number of nitrogens with two attached hydrogens (primary N) is 1. The number of hydrogen-bond acceptors (Lipinski definition) is 4. The Morgan fingerprint density at radius 3 is 2.83 bits per heavy atom. The van der Waals surface area contributed by atoms with E-state index in [0.717, 1.165) is 41.5 Å². The van der Waals surface area contributed by atoms with Crippen molar-refractivity contribution in [3.63, 3.8) is 0 Å². The highest BCUT2D eigenvalue weighted by atomic mass is 16.3. The predicted molar refractivity (Wildman–Crippen MR) is 89.1 cm³/mol. The number of anilines is 1. The highest BCUT2D eigenvalue weighted by Gasteiger charge is 2.23. The van der Waals surface area contributed by atoms with Gasteiger partial charge in [0.1, 0.15) is 5.82 Å². The van der Waals surface area contributed by atoms with Gasteiger partial charge >= 0.3 is 0 Å². The van der Waals surface area contributed by atoms with Crippen LogP contribution < -0.4 is 11.1 Å². The van der Waals surface area contributed by atoms with Crippen molar-refractivity contribution in [3.05, 3.63) is 58.3 Å². The van der Waals surface area contributed by atoms with Crippen LogP contribution in [0.2, 0.25) is 0 Å².